The lowest BCUT2D eigenvalue weighted by atomic mass is 10.3. The molecular weight excluding hydrogens is 420 g/mol. The van der Waals surface area contributed by atoms with E-state index in [1.807, 2.05) is 0 Å². The van der Waals surface area contributed by atoms with Crippen LogP contribution in [0, 0.1) is 0 Å². The standard InChI is InChI=1S/C8F12S3/c9-5(10,11)1(6(12,13)14)3-21-4(23-22-3)2(7(15,16)17)8(18,19)20. The van der Waals surface area contributed by atoms with Crippen molar-refractivity contribution in [3.63, 3.8) is 0 Å². The first-order valence-corrected chi connectivity index (χ1v) is 7.72. The smallest absolute Gasteiger partial charge is 0.166 e. The maximum Gasteiger partial charge on any atom is 0.422 e. The Labute approximate surface area is 131 Å². The Morgan fingerprint density at radius 1 is 0.478 bits per heavy atom. The Kier molecular flexibility index (Phi) is 5.59. The average molecular weight is 420 g/mol. The molecule has 1 aliphatic rings. The van der Waals surface area contributed by atoms with Gasteiger partial charge in [0.25, 0.3) is 0 Å². The second-order valence-corrected chi connectivity index (χ2v) is 7.27. The van der Waals surface area contributed by atoms with Crippen LogP contribution in [0.1, 0.15) is 0 Å². The van der Waals surface area contributed by atoms with Crippen LogP contribution < -0.4 is 0 Å². The quantitative estimate of drug-likeness (QED) is 0.313. The first-order chi connectivity index (χ1) is 9.95. The second-order valence-electron chi connectivity index (χ2n) is 3.58. The molecule has 0 amide bonds. The zero-order chi connectivity index (χ0) is 18.4. The van der Waals surface area contributed by atoms with Crippen molar-refractivity contribution in [2.75, 3.05) is 0 Å². The highest BCUT2D eigenvalue weighted by Crippen LogP contribution is 2.64. The molecule has 0 unspecified atom stereocenters. The lowest BCUT2D eigenvalue weighted by Crippen LogP contribution is -2.27. The van der Waals surface area contributed by atoms with E-state index in [1.165, 1.54) is 0 Å². The van der Waals surface area contributed by atoms with Crippen LogP contribution in [0.4, 0.5) is 52.7 Å². The van der Waals surface area contributed by atoms with Crippen molar-refractivity contribution < 1.29 is 52.7 Å². The van der Waals surface area contributed by atoms with Crippen molar-refractivity contribution in [3.8, 4) is 0 Å². The zero-order valence-corrected chi connectivity index (χ0v) is 12.2. The van der Waals surface area contributed by atoms with Crippen molar-refractivity contribution in [3.05, 3.63) is 19.6 Å². The molecule has 1 rings (SSSR count). The molecule has 0 atom stereocenters. The van der Waals surface area contributed by atoms with E-state index < -0.39 is 77.7 Å². The summed E-state index contributed by atoms with van der Waals surface area (Å²) in [6.45, 7) is 0. The van der Waals surface area contributed by atoms with Crippen LogP contribution in [-0.4, -0.2) is 24.7 Å². The summed E-state index contributed by atoms with van der Waals surface area (Å²) < 4.78 is 145. The maximum atomic E-state index is 12.4. The predicted molar refractivity (Wildman–Crippen MR) is 61.0 cm³/mol. The van der Waals surface area contributed by atoms with E-state index in [0.29, 0.717) is 0 Å². The van der Waals surface area contributed by atoms with Crippen LogP contribution >= 0.6 is 33.3 Å². The van der Waals surface area contributed by atoms with Gasteiger partial charge >= 0.3 is 24.7 Å². The predicted octanol–water partition coefficient (Wildman–Crippen LogP) is 6.79. The van der Waals surface area contributed by atoms with Gasteiger partial charge in [-0.1, -0.05) is 11.8 Å². The fourth-order valence-corrected chi connectivity index (χ4v) is 5.89. The third-order valence-electron chi connectivity index (χ3n) is 1.92. The highest BCUT2D eigenvalue weighted by atomic mass is 33.1. The molecule has 0 aromatic carbocycles. The highest BCUT2D eigenvalue weighted by molar-refractivity contribution is 8.86. The van der Waals surface area contributed by atoms with E-state index in [9.17, 15) is 52.7 Å². The number of thioether (sulfide) groups is 1. The molecule has 0 aromatic heterocycles. The first-order valence-electron chi connectivity index (χ1n) is 4.75. The molecule has 0 aromatic rings. The monoisotopic (exact) mass is 420 g/mol. The Hall–Kier alpha value is -0.310. The number of rotatable bonds is 0. The van der Waals surface area contributed by atoms with Crippen molar-refractivity contribution in [2.24, 2.45) is 0 Å². The lowest BCUT2D eigenvalue weighted by molar-refractivity contribution is -0.173. The average Bonchev–Trinajstić information content (AvgIpc) is 2.55. The minimum Gasteiger partial charge on any atom is -0.166 e. The first kappa shape index (κ1) is 20.7. The van der Waals surface area contributed by atoms with Crippen LogP contribution in [0.2, 0.25) is 0 Å². The van der Waals surface area contributed by atoms with E-state index in [4.69, 9.17) is 0 Å². The van der Waals surface area contributed by atoms with Gasteiger partial charge in [0.1, 0.15) is 0 Å². The Balaban J connectivity index is 3.48. The molecule has 1 aliphatic heterocycles. The molecule has 15 heteroatoms. The van der Waals surface area contributed by atoms with Crippen LogP contribution in [0.3, 0.4) is 0 Å². The molecular formula is C8F12S3. The summed E-state index contributed by atoms with van der Waals surface area (Å²) in [4.78, 5) is 0. The van der Waals surface area contributed by atoms with Crippen molar-refractivity contribution in [1.82, 2.24) is 0 Å². The van der Waals surface area contributed by atoms with E-state index in [2.05, 4.69) is 0 Å². The fourth-order valence-electron chi connectivity index (χ4n) is 1.16. The molecule has 0 nitrogen and oxygen atoms in total. The summed E-state index contributed by atoms with van der Waals surface area (Å²) in [6, 6.07) is 0. The zero-order valence-electron chi connectivity index (χ0n) is 9.76. The number of allylic oxidation sites excluding steroid dienone is 2. The highest BCUT2D eigenvalue weighted by Gasteiger charge is 2.57. The van der Waals surface area contributed by atoms with Crippen molar-refractivity contribution in [1.29, 1.82) is 0 Å². The lowest BCUT2D eigenvalue weighted by Gasteiger charge is -2.17. The van der Waals surface area contributed by atoms with E-state index in [1.54, 1.807) is 0 Å². The fraction of sp³-hybridized carbons (Fsp3) is 0.500. The molecule has 0 bridgehead atoms. The van der Waals surface area contributed by atoms with Gasteiger partial charge < -0.3 is 0 Å². The SMILES string of the molecule is FC(F)(F)C(=C1SSC(=C(C(F)(F)F)C(F)(F)F)S1)C(F)(F)F. The van der Waals surface area contributed by atoms with Gasteiger partial charge in [-0.15, -0.1) is 0 Å². The molecule has 1 fully saturated rings. The Morgan fingerprint density at radius 2 is 0.696 bits per heavy atom. The summed E-state index contributed by atoms with van der Waals surface area (Å²) >= 11 is -0.860. The number of halogens is 12. The topological polar surface area (TPSA) is 0 Å². The number of hydrogen-bond donors (Lipinski definition) is 0. The van der Waals surface area contributed by atoms with Gasteiger partial charge in [0, 0.05) is 0 Å². The molecule has 134 valence electrons. The van der Waals surface area contributed by atoms with Gasteiger partial charge in [0.2, 0.25) is 0 Å². The molecule has 0 aliphatic carbocycles. The summed E-state index contributed by atoms with van der Waals surface area (Å²) in [6.07, 6.45) is -23.9. The van der Waals surface area contributed by atoms with E-state index in [0.717, 1.165) is 0 Å². The molecule has 0 saturated carbocycles. The third kappa shape index (κ3) is 5.08. The molecule has 23 heavy (non-hydrogen) atoms. The van der Waals surface area contributed by atoms with E-state index >= 15 is 0 Å². The van der Waals surface area contributed by atoms with Gasteiger partial charge in [-0.25, -0.2) is 0 Å². The molecule has 1 saturated heterocycles. The third-order valence-corrected chi connectivity index (χ3v) is 6.38. The number of alkyl halides is 12. The van der Waals surface area contributed by atoms with Gasteiger partial charge in [0.05, 0.1) is 8.47 Å². The van der Waals surface area contributed by atoms with Crippen LogP contribution in [0.25, 0.3) is 0 Å². The molecule has 0 N–H and O–H groups in total. The van der Waals surface area contributed by atoms with Gasteiger partial charge in [-0.05, 0) is 21.6 Å². The van der Waals surface area contributed by atoms with Gasteiger partial charge in [0.15, 0.2) is 11.1 Å². The van der Waals surface area contributed by atoms with Crippen molar-refractivity contribution in [2.45, 2.75) is 24.7 Å². The minimum atomic E-state index is -5.99. The van der Waals surface area contributed by atoms with E-state index in [-0.39, 0.29) is 0 Å². The van der Waals surface area contributed by atoms with Crippen LogP contribution in [0.5, 0.6) is 0 Å². The van der Waals surface area contributed by atoms with Gasteiger partial charge in [-0.3, -0.25) is 0 Å². The van der Waals surface area contributed by atoms with Crippen LogP contribution in [0.15, 0.2) is 19.6 Å². The van der Waals surface area contributed by atoms with Gasteiger partial charge in [-0.2, -0.15) is 52.7 Å². The van der Waals surface area contributed by atoms with Crippen molar-refractivity contribution >= 4 is 33.3 Å². The summed E-state index contributed by atoms with van der Waals surface area (Å²) in [7, 11) is -0.931. The molecule has 0 radical (unpaired) electrons. The normalized spacial score (nSPS) is 17.7. The second kappa shape index (κ2) is 6.20. The maximum absolute atomic E-state index is 12.4. The molecule has 0 spiro atoms. The Bertz CT molecular complexity index is 448. The number of hydrogen-bond acceptors (Lipinski definition) is 3. The summed E-state index contributed by atoms with van der Waals surface area (Å²) in [5.41, 5.74) is -6.29. The summed E-state index contributed by atoms with van der Waals surface area (Å²) in [5.74, 6) is 0. The molecule has 1 heterocycles. The van der Waals surface area contributed by atoms with Crippen LogP contribution in [-0.2, 0) is 0 Å². The largest absolute Gasteiger partial charge is 0.422 e. The summed E-state index contributed by atoms with van der Waals surface area (Å²) in [5, 5.41) is 0. The Morgan fingerprint density at radius 3 is 0.870 bits per heavy atom. The minimum absolute atomic E-state index is 0.466.